The minimum absolute atomic E-state index is 0.123. The number of nitrogens with zero attached hydrogens (tertiary/aromatic N) is 1. The van der Waals surface area contributed by atoms with Crippen LogP contribution in [0.3, 0.4) is 0 Å². The minimum Gasteiger partial charge on any atom is -0.279 e. The number of urea groups is 1. The second-order valence-electron chi connectivity index (χ2n) is 2.67. The Bertz CT molecular complexity index is 325. The first-order valence-corrected chi connectivity index (χ1v) is 4.62. The van der Waals surface area contributed by atoms with Crippen molar-refractivity contribution in [1.82, 2.24) is 10.9 Å². The molecule has 0 bridgehead atoms. The first kappa shape index (κ1) is 8.52. The summed E-state index contributed by atoms with van der Waals surface area (Å²) < 4.78 is 1.00. The highest BCUT2D eigenvalue weighted by Gasteiger charge is 2.20. The summed E-state index contributed by atoms with van der Waals surface area (Å²) in [4.78, 5) is 12.8. The topological polar surface area (TPSA) is 44.4 Å². The molecule has 0 radical (unpaired) electrons. The monoisotopic (exact) mass is 241 g/mol. The Balaban J connectivity index is 2.25. The van der Waals surface area contributed by atoms with Crippen LogP contribution in [0.5, 0.6) is 0 Å². The molecule has 68 valence electrons. The van der Waals surface area contributed by atoms with E-state index < -0.39 is 0 Å². The molecule has 1 heterocycles. The highest BCUT2D eigenvalue weighted by molar-refractivity contribution is 9.10. The van der Waals surface area contributed by atoms with Crippen LogP contribution >= 0.6 is 15.9 Å². The molecule has 4 nitrogen and oxygen atoms in total. The van der Waals surface area contributed by atoms with Crippen molar-refractivity contribution in [2.45, 2.75) is 0 Å². The van der Waals surface area contributed by atoms with Crippen molar-refractivity contribution < 1.29 is 4.79 Å². The maximum Gasteiger partial charge on any atom is 0.337 e. The average molecular weight is 242 g/mol. The van der Waals surface area contributed by atoms with Gasteiger partial charge in [-0.25, -0.2) is 10.2 Å². The fourth-order valence-electron chi connectivity index (χ4n) is 1.16. The van der Waals surface area contributed by atoms with Crippen molar-refractivity contribution in [1.29, 1.82) is 0 Å². The molecule has 0 aromatic heterocycles. The Kier molecular flexibility index (Phi) is 2.20. The lowest BCUT2D eigenvalue weighted by Gasteiger charge is -2.12. The highest BCUT2D eigenvalue weighted by Crippen LogP contribution is 2.18. The predicted octanol–water partition coefficient (Wildman–Crippen LogP) is 1.44. The molecule has 1 aromatic rings. The zero-order valence-electron chi connectivity index (χ0n) is 6.75. The molecule has 1 saturated heterocycles. The maximum atomic E-state index is 11.2. The number of hydrogen-bond donors (Lipinski definition) is 2. The molecule has 13 heavy (non-hydrogen) atoms. The molecule has 0 unspecified atom stereocenters. The fraction of sp³-hybridized carbons (Fsp3) is 0.125. The summed E-state index contributed by atoms with van der Waals surface area (Å²) in [5.74, 6) is 0. The van der Waals surface area contributed by atoms with Gasteiger partial charge in [0.1, 0.15) is 0 Å². The van der Waals surface area contributed by atoms with E-state index in [1.807, 2.05) is 24.3 Å². The number of carbonyl (C=O) groups excluding carboxylic acids is 1. The van der Waals surface area contributed by atoms with Crippen LogP contribution in [0.1, 0.15) is 0 Å². The summed E-state index contributed by atoms with van der Waals surface area (Å²) in [6, 6.07) is 7.46. The SMILES string of the molecule is O=C1NNCN1c1ccc(Br)cc1. The van der Waals surface area contributed by atoms with Crippen LogP contribution in [0.15, 0.2) is 28.7 Å². The number of rotatable bonds is 1. The molecule has 1 aromatic carbocycles. The number of amides is 2. The van der Waals surface area contributed by atoms with E-state index in [1.165, 1.54) is 0 Å². The number of halogens is 1. The van der Waals surface area contributed by atoms with Crippen molar-refractivity contribution in [3.8, 4) is 0 Å². The number of nitrogens with one attached hydrogen (secondary N) is 2. The first-order valence-electron chi connectivity index (χ1n) is 3.83. The van der Waals surface area contributed by atoms with Gasteiger partial charge in [0.05, 0.1) is 6.67 Å². The number of hydrazine groups is 1. The van der Waals surface area contributed by atoms with Gasteiger partial charge >= 0.3 is 6.03 Å². The van der Waals surface area contributed by atoms with Crippen LogP contribution in [0, 0.1) is 0 Å². The van der Waals surface area contributed by atoms with E-state index >= 15 is 0 Å². The van der Waals surface area contributed by atoms with Gasteiger partial charge in [-0.2, -0.15) is 0 Å². The number of hydrogen-bond acceptors (Lipinski definition) is 2. The molecule has 1 fully saturated rings. The second kappa shape index (κ2) is 3.35. The van der Waals surface area contributed by atoms with E-state index in [0.717, 1.165) is 10.2 Å². The predicted molar refractivity (Wildman–Crippen MR) is 53.2 cm³/mol. The molecule has 0 aliphatic carbocycles. The summed E-state index contributed by atoms with van der Waals surface area (Å²) in [5, 5.41) is 0. The van der Waals surface area contributed by atoms with Crippen molar-refractivity contribution in [2.24, 2.45) is 0 Å². The Labute approximate surface area is 84.0 Å². The van der Waals surface area contributed by atoms with Gasteiger partial charge in [-0.15, -0.1) is 0 Å². The lowest BCUT2D eigenvalue weighted by molar-refractivity contribution is 0.250. The summed E-state index contributed by atoms with van der Waals surface area (Å²) in [6.07, 6.45) is 0. The molecule has 2 N–H and O–H groups in total. The molecular weight excluding hydrogens is 234 g/mol. The minimum atomic E-state index is -0.123. The second-order valence-corrected chi connectivity index (χ2v) is 3.59. The van der Waals surface area contributed by atoms with Crippen molar-refractivity contribution >= 4 is 27.6 Å². The molecule has 0 atom stereocenters. The van der Waals surface area contributed by atoms with E-state index in [1.54, 1.807) is 4.90 Å². The van der Waals surface area contributed by atoms with Crippen LogP contribution in [0.4, 0.5) is 10.5 Å². The van der Waals surface area contributed by atoms with Crippen molar-refractivity contribution in [3.05, 3.63) is 28.7 Å². The van der Waals surface area contributed by atoms with E-state index in [-0.39, 0.29) is 6.03 Å². The third kappa shape index (κ3) is 1.66. The quantitative estimate of drug-likeness (QED) is 0.782. The maximum absolute atomic E-state index is 11.2. The van der Waals surface area contributed by atoms with Gasteiger partial charge in [0.15, 0.2) is 0 Å². The largest absolute Gasteiger partial charge is 0.337 e. The van der Waals surface area contributed by atoms with Crippen molar-refractivity contribution in [3.63, 3.8) is 0 Å². The summed E-state index contributed by atoms with van der Waals surface area (Å²) in [6.45, 7) is 0.500. The number of anilines is 1. The van der Waals surface area contributed by atoms with Crippen LogP contribution in [-0.2, 0) is 0 Å². The van der Waals surface area contributed by atoms with E-state index in [4.69, 9.17) is 0 Å². The van der Waals surface area contributed by atoms with Gasteiger partial charge in [-0.05, 0) is 24.3 Å². The molecule has 5 heteroatoms. The number of carbonyl (C=O) groups is 1. The van der Waals surface area contributed by atoms with E-state index in [0.29, 0.717) is 6.67 Å². The molecule has 0 saturated carbocycles. The lowest BCUT2D eigenvalue weighted by Crippen LogP contribution is -2.28. The standard InChI is InChI=1S/C8H8BrN3O/c9-6-1-3-7(4-2-6)12-5-10-11-8(12)13/h1-4,10H,5H2,(H,11,13). The molecule has 1 aliphatic rings. The molecule has 2 rings (SSSR count). The van der Waals surface area contributed by atoms with Crippen LogP contribution < -0.4 is 15.8 Å². The normalized spacial score (nSPS) is 16.1. The Hall–Kier alpha value is -1.07. The van der Waals surface area contributed by atoms with Crippen LogP contribution in [-0.4, -0.2) is 12.7 Å². The third-order valence-electron chi connectivity index (χ3n) is 1.82. The molecule has 0 spiro atoms. The number of benzene rings is 1. The van der Waals surface area contributed by atoms with Gasteiger partial charge < -0.3 is 0 Å². The van der Waals surface area contributed by atoms with Crippen molar-refractivity contribution in [2.75, 3.05) is 11.6 Å². The van der Waals surface area contributed by atoms with E-state index in [9.17, 15) is 4.79 Å². The van der Waals surface area contributed by atoms with Gasteiger partial charge in [-0.1, -0.05) is 15.9 Å². The van der Waals surface area contributed by atoms with Gasteiger partial charge in [0.2, 0.25) is 0 Å². The highest BCUT2D eigenvalue weighted by atomic mass is 79.9. The van der Waals surface area contributed by atoms with Crippen LogP contribution in [0.25, 0.3) is 0 Å². The average Bonchev–Trinajstić information content (AvgIpc) is 2.53. The molecular formula is C8H8BrN3O. The first-order chi connectivity index (χ1) is 6.27. The van der Waals surface area contributed by atoms with E-state index in [2.05, 4.69) is 26.8 Å². The Morgan fingerprint density at radius 1 is 1.31 bits per heavy atom. The Morgan fingerprint density at radius 2 is 2.00 bits per heavy atom. The smallest absolute Gasteiger partial charge is 0.279 e. The summed E-state index contributed by atoms with van der Waals surface area (Å²) in [5.41, 5.74) is 6.14. The summed E-state index contributed by atoms with van der Waals surface area (Å²) in [7, 11) is 0. The zero-order chi connectivity index (χ0) is 9.26. The lowest BCUT2D eigenvalue weighted by atomic mass is 10.3. The van der Waals surface area contributed by atoms with Crippen LogP contribution in [0.2, 0.25) is 0 Å². The molecule has 1 aliphatic heterocycles. The van der Waals surface area contributed by atoms with Gasteiger partial charge in [0.25, 0.3) is 0 Å². The van der Waals surface area contributed by atoms with Gasteiger partial charge in [0, 0.05) is 10.2 Å². The summed E-state index contributed by atoms with van der Waals surface area (Å²) >= 11 is 3.33. The van der Waals surface area contributed by atoms with Gasteiger partial charge in [-0.3, -0.25) is 10.3 Å². The third-order valence-corrected chi connectivity index (χ3v) is 2.34. The Morgan fingerprint density at radius 3 is 2.54 bits per heavy atom. The molecule has 2 amide bonds. The fourth-order valence-corrected chi connectivity index (χ4v) is 1.43. The zero-order valence-corrected chi connectivity index (χ0v) is 8.34.